The van der Waals surface area contributed by atoms with E-state index in [1.54, 1.807) is 18.3 Å². The van der Waals surface area contributed by atoms with Crippen molar-refractivity contribution >= 4 is 11.6 Å². The summed E-state index contributed by atoms with van der Waals surface area (Å²) >= 11 is 0. The molecule has 3 heterocycles. The van der Waals surface area contributed by atoms with E-state index in [-0.39, 0.29) is 17.3 Å². The van der Waals surface area contributed by atoms with Crippen molar-refractivity contribution in [2.24, 2.45) is 0 Å². The third-order valence-corrected chi connectivity index (χ3v) is 3.59. The molecule has 1 aliphatic carbocycles. The van der Waals surface area contributed by atoms with Crippen molar-refractivity contribution < 1.29 is 9.59 Å². The number of carbonyl (C=O) groups excluding carboxylic acids is 2. The van der Waals surface area contributed by atoms with E-state index in [4.69, 9.17) is 0 Å². The number of rotatable bonds is 2. The highest BCUT2D eigenvalue weighted by Gasteiger charge is 2.34. The number of fused-ring (bicyclic) bond motifs is 1. The van der Waals surface area contributed by atoms with Gasteiger partial charge in [-0.1, -0.05) is 6.07 Å². The van der Waals surface area contributed by atoms with Crippen LogP contribution in [0.15, 0.2) is 48.3 Å². The Morgan fingerprint density at radius 1 is 1.00 bits per heavy atom. The van der Waals surface area contributed by atoms with E-state index in [2.05, 4.69) is 9.97 Å². The minimum absolute atomic E-state index is 0.123. The number of ketones is 2. The maximum Gasteiger partial charge on any atom is 0.211 e. The largest absolute Gasteiger partial charge is 0.365 e. The summed E-state index contributed by atoms with van der Waals surface area (Å²) in [5, 5.41) is 0. The second-order valence-electron chi connectivity index (χ2n) is 5.02. The fraction of sp³-hybridized carbons (Fsp3) is 0.125. The van der Waals surface area contributed by atoms with Gasteiger partial charge in [-0.05, 0) is 24.3 Å². The van der Waals surface area contributed by atoms with Gasteiger partial charge in [-0.2, -0.15) is 0 Å². The van der Waals surface area contributed by atoms with Gasteiger partial charge in [0.1, 0.15) is 5.69 Å². The first-order chi connectivity index (χ1) is 10.2. The molecule has 4 rings (SSSR count). The summed E-state index contributed by atoms with van der Waals surface area (Å²) in [4.78, 5) is 35.0. The molecule has 1 saturated heterocycles. The van der Waals surface area contributed by atoms with E-state index in [9.17, 15) is 9.59 Å². The summed E-state index contributed by atoms with van der Waals surface area (Å²) in [6.45, 7) is 1.67. The third-order valence-electron chi connectivity index (χ3n) is 3.59. The quantitative estimate of drug-likeness (QED) is 0.782. The number of hydrogen-bond acceptors (Lipinski definition) is 5. The molecule has 0 radical (unpaired) electrons. The van der Waals surface area contributed by atoms with E-state index in [1.807, 2.05) is 23.1 Å². The van der Waals surface area contributed by atoms with Gasteiger partial charge in [-0.3, -0.25) is 14.6 Å². The SMILES string of the molecule is O=C1C(N2CC2)=CC(=O)c2nc(-c3ccccn3)ccc21. The third kappa shape index (κ3) is 1.94. The van der Waals surface area contributed by atoms with Crippen molar-refractivity contribution in [3.05, 3.63) is 59.6 Å². The van der Waals surface area contributed by atoms with Crippen LogP contribution in [0.3, 0.4) is 0 Å². The number of pyridine rings is 2. The van der Waals surface area contributed by atoms with Crippen LogP contribution in [0.2, 0.25) is 0 Å². The minimum atomic E-state index is -0.218. The molecule has 0 bridgehead atoms. The van der Waals surface area contributed by atoms with Gasteiger partial charge >= 0.3 is 0 Å². The smallest absolute Gasteiger partial charge is 0.211 e. The second kappa shape index (κ2) is 4.34. The predicted octanol–water partition coefficient (Wildman–Crippen LogP) is 1.72. The molecule has 102 valence electrons. The van der Waals surface area contributed by atoms with E-state index in [1.165, 1.54) is 6.08 Å². The molecule has 21 heavy (non-hydrogen) atoms. The van der Waals surface area contributed by atoms with Crippen LogP contribution in [0, 0.1) is 0 Å². The molecule has 0 spiro atoms. The minimum Gasteiger partial charge on any atom is -0.365 e. The van der Waals surface area contributed by atoms with Crippen LogP contribution in [0.25, 0.3) is 11.4 Å². The van der Waals surface area contributed by atoms with Gasteiger partial charge in [0.15, 0.2) is 0 Å². The van der Waals surface area contributed by atoms with Crippen molar-refractivity contribution in [2.45, 2.75) is 0 Å². The van der Waals surface area contributed by atoms with Crippen molar-refractivity contribution in [3.63, 3.8) is 0 Å². The van der Waals surface area contributed by atoms with Crippen molar-refractivity contribution in [3.8, 4) is 11.4 Å². The van der Waals surface area contributed by atoms with Gasteiger partial charge in [0.2, 0.25) is 11.6 Å². The van der Waals surface area contributed by atoms with E-state index < -0.39 is 0 Å². The van der Waals surface area contributed by atoms with Crippen LogP contribution in [0.5, 0.6) is 0 Å². The van der Waals surface area contributed by atoms with Crippen LogP contribution in [-0.2, 0) is 0 Å². The summed E-state index contributed by atoms with van der Waals surface area (Å²) in [6.07, 6.45) is 3.06. The summed E-state index contributed by atoms with van der Waals surface area (Å²) < 4.78 is 0. The molecule has 0 saturated carbocycles. The maximum atomic E-state index is 12.4. The molecule has 2 aliphatic rings. The standard InChI is InChI=1S/C16H11N3O2/c20-14-9-13(19-7-8-19)16(21)10-4-5-12(18-15(10)14)11-3-1-2-6-17-11/h1-6,9H,7-8H2. The second-order valence-corrected chi connectivity index (χ2v) is 5.02. The summed E-state index contributed by atoms with van der Waals surface area (Å²) in [6, 6.07) is 8.89. The van der Waals surface area contributed by atoms with Crippen LogP contribution in [0.4, 0.5) is 0 Å². The average molecular weight is 277 g/mol. The lowest BCUT2D eigenvalue weighted by molar-refractivity contribution is 0.0967. The monoisotopic (exact) mass is 277 g/mol. The Kier molecular flexibility index (Phi) is 2.47. The molecule has 5 nitrogen and oxygen atoms in total. The van der Waals surface area contributed by atoms with Crippen LogP contribution >= 0.6 is 0 Å². The maximum absolute atomic E-state index is 12.4. The molecule has 0 amide bonds. The first-order valence-electron chi connectivity index (χ1n) is 6.72. The summed E-state index contributed by atoms with van der Waals surface area (Å²) in [5.41, 5.74) is 2.36. The van der Waals surface area contributed by atoms with E-state index in [0.717, 1.165) is 13.1 Å². The zero-order valence-corrected chi connectivity index (χ0v) is 11.1. The normalized spacial score (nSPS) is 16.6. The molecule has 0 unspecified atom stereocenters. The number of allylic oxidation sites excluding steroid dienone is 2. The molecule has 2 aromatic heterocycles. The highest BCUT2D eigenvalue weighted by atomic mass is 16.1. The van der Waals surface area contributed by atoms with Gasteiger partial charge in [0.25, 0.3) is 0 Å². The van der Waals surface area contributed by atoms with Gasteiger partial charge in [0, 0.05) is 25.4 Å². The summed E-state index contributed by atoms with van der Waals surface area (Å²) in [5.74, 6) is -0.341. The van der Waals surface area contributed by atoms with Crippen LogP contribution in [-0.4, -0.2) is 39.5 Å². The lowest BCUT2D eigenvalue weighted by Crippen LogP contribution is -2.22. The molecular formula is C16H11N3O2. The number of carbonyl (C=O) groups is 2. The molecule has 0 N–H and O–H groups in total. The molecule has 0 aromatic carbocycles. The zero-order valence-electron chi connectivity index (χ0n) is 11.1. The molecular weight excluding hydrogens is 266 g/mol. The highest BCUT2D eigenvalue weighted by molar-refractivity contribution is 6.23. The highest BCUT2D eigenvalue weighted by Crippen LogP contribution is 2.27. The fourth-order valence-electron chi connectivity index (χ4n) is 2.41. The first kappa shape index (κ1) is 12.0. The van der Waals surface area contributed by atoms with Crippen LogP contribution in [0.1, 0.15) is 20.8 Å². The van der Waals surface area contributed by atoms with Gasteiger partial charge in [0.05, 0.1) is 22.6 Å². The Morgan fingerprint density at radius 2 is 1.86 bits per heavy atom. The predicted molar refractivity (Wildman–Crippen MR) is 75.8 cm³/mol. The Hall–Kier alpha value is -2.82. The number of Topliss-reactive ketones (excluding diaryl/α,β-unsaturated/α-hetero) is 1. The van der Waals surface area contributed by atoms with Gasteiger partial charge in [-0.25, -0.2) is 4.98 Å². The molecule has 0 atom stereocenters. The Morgan fingerprint density at radius 3 is 2.57 bits per heavy atom. The first-order valence-corrected chi connectivity index (χ1v) is 6.72. The van der Waals surface area contributed by atoms with Crippen molar-refractivity contribution in [1.29, 1.82) is 0 Å². The molecule has 2 aromatic rings. The van der Waals surface area contributed by atoms with Crippen molar-refractivity contribution in [2.75, 3.05) is 13.1 Å². The Labute approximate surface area is 120 Å². The van der Waals surface area contributed by atoms with E-state index in [0.29, 0.717) is 22.6 Å². The lowest BCUT2D eigenvalue weighted by atomic mass is 9.96. The molecule has 1 fully saturated rings. The van der Waals surface area contributed by atoms with E-state index >= 15 is 0 Å². The lowest BCUT2D eigenvalue weighted by Gasteiger charge is -2.15. The molecule has 1 aliphatic heterocycles. The van der Waals surface area contributed by atoms with Crippen molar-refractivity contribution in [1.82, 2.24) is 14.9 Å². The summed E-state index contributed by atoms with van der Waals surface area (Å²) in [7, 11) is 0. The number of nitrogens with zero attached hydrogens (tertiary/aromatic N) is 3. The number of hydrogen-bond donors (Lipinski definition) is 0. The topological polar surface area (TPSA) is 62.9 Å². The molecule has 5 heteroatoms. The Bertz CT molecular complexity index is 792. The van der Waals surface area contributed by atoms with Gasteiger partial charge < -0.3 is 4.90 Å². The number of aromatic nitrogens is 2. The Balaban J connectivity index is 1.81. The average Bonchev–Trinajstić information content (AvgIpc) is 3.36. The zero-order chi connectivity index (χ0) is 14.4. The van der Waals surface area contributed by atoms with Gasteiger partial charge in [-0.15, -0.1) is 0 Å². The van der Waals surface area contributed by atoms with Crippen LogP contribution < -0.4 is 0 Å². The fourth-order valence-corrected chi connectivity index (χ4v) is 2.41.